The maximum atomic E-state index is 12.5. The standard InChI is InChI=1S/C16H16N2O2S/c1-13-9-10-16(14(12-13)6-5-11-17)21(19,20)18-15-7-3-2-4-8-15/h2-4,7-10,12,18H,11,17H2,1H3. The van der Waals surface area contributed by atoms with Gasteiger partial charge in [0.05, 0.1) is 6.54 Å². The van der Waals surface area contributed by atoms with Crippen LogP contribution >= 0.6 is 0 Å². The Morgan fingerprint density at radius 1 is 1.14 bits per heavy atom. The molecular weight excluding hydrogens is 284 g/mol. The molecule has 21 heavy (non-hydrogen) atoms. The van der Waals surface area contributed by atoms with Gasteiger partial charge in [0.2, 0.25) is 0 Å². The van der Waals surface area contributed by atoms with Gasteiger partial charge in [-0.25, -0.2) is 8.42 Å². The highest BCUT2D eigenvalue weighted by Crippen LogP contribution is 2.20. The average molecular weight is 300 g/mol. The molecule has 0 fully saturated rings. The van der Waals surface area contributed by atoms with Crippen molar-refractivity contribution in [3.63, 3.8) is 0 Å². The smallest absolute Gasteiger partial charge is 0.263 e. The third kappa shape index (κ3) is 3.85. The van der Waals surface area contributed by atoms with Gasteiger partial charge in [-0.2, -0.15) is 0 Å². The monoisotopic (exact) mass is 300 g/mol. The lowest BCUT2D eigenvalue weighted by molar-refractivity contribution is 0.601. The zero-order valence-corrected chi connectivity index (χ0v) is 12.4. The molecule has 5 heteroatoms. The Morgan fingerprint density at radius 2 is 1.86 bits per heavy atom. The molecule has 4 nitrogen and oxygen atoms in total. The number of anilines is 1. The van der Waals surface area contributed by atoms with Gasteiger partial charge in [-0.15, -0.1) is 0 Å². The minimum absolute atomic E-state index is 0.151. The van der Waals surface area contributed by atoms with Gasteiger partial charge in [0.1, 0.15) is 4.90 Å². The molecule has 0 unspecified atom stereocenters. The lowest BCUT2D eigenvalue weighted by Crippen LogP contribution is -2.14. The van der Waals surface area contributed by atoms with E-state index in [9.17, 15) is 8.42 Å². The van der Waals surface area contributed by atoms with Gasteiger partial charge in [0.15, 0.2) is 0 Å². The molecule has 2 aromatic carbocycles. The van der Waals surface area contributed by atoms with E-state index >= 15 is 0 Å². The zero-order valence-electron chi connectivity index (χ0n) is 11.6. The first kappa shape index (κ1) is 15.1. The Kier molecular flexibility index (Phi) is 4.63. The summed E-state index contributed by atoms with van der Waals surface area (Å²) in [5.41, 5.74) is 7.26. The van der Waals surface area contributed by atoms with E-state index < -0.39 is 10.0 Å². The van der Waals surface area contributed by atoms with Gasteiger partial charge in [-0.1, -0.05) is 36.1 Å². The number of aryl methyl sites for hydroxylation is 1. The van der Waals surface area contributed by atoms with E-state index in [1.807, 2.05) is 13.0 Å². The van der Waals surface area contributed by atoms with E-state index in [1.165, 1.54) is 0 Å². The largest absolute Gasteiger partial charge is 0.320 e. The average Bonchev–Trinajstić information content (AvgIpc) is 2.45. The van der Waals surface area contributed by atoms with Crippen molar-refractivity contribution in [3.05, 3.63) is 59.7 Å². The minimum atomic E-state index is -3.68. The fourth-order valence-electron chi connectivity index (χ4n) is 1.84. The first-order chi connectivity index (χ1) is 10.0. The van der Waals surface area contributed by atoms with Crippen LogP contribution in [0.15, 0.2) is 53.4 Å². The molecule has 3 N–H and O–H groups in total. The second-order valence-corrected chi connectivity index (χ2v) is 6.13. The molecule has 108 valence electrons. The van der Waals surface area contributed by atoms with Crippen LogP contribution < -0.4 is 10.5 Å². The van der Waals surface area contributed by atoms with E-state index in [1.54, 1.807) is 42.5 Å². The molecule has 2 aromatic rings. The third-order valence-corrected chi connectivity index (χ3v) is 4.22. The lowest BCUT2D eigenvalue weighted by atomic mass is 10.1. The zero-order chi connectivity index (χ0) is 15.3. The lowest BCUT2D eigenvalue weighted by Gasteiger charge is -2.10. The topological polar surface area (TPSA) is 72.2 Å². The van der Waals surface area contributed by atoms with Crippen LogP contribution in [0.3, 0.4) is 0 Å². The number of para-hydroxylation sites is 1. The van der Waals surface area contributed by atoms with Gasteiger partial charge in [-0.3, -0.25) is 4.72 Å². The van der Waals surface area contributed by atoms with Crippen LogP contribution in [0.1, 0.15) is 11.1 Å². The summed E-state index contributed by atoms with van der Waals surface area (Å²) in [6, 6.07) is 13.8. The second kappa shape index (κ2) is 6.44. The van der Waals surface area contributed by atoms with Crippen LogP contribution in [-0.2, 0) is 10.0 Å². The van der Waals surface area contributed by atoms with E-state index in [4.69, 9.17) is 5.73 Å². The van der Waals surface area contributed by atoms with Crippen LogP contribution in [0.5, 0.6) is 0 Å². The van der Waals surface area contributed by atoms with E-state index in [2.05, 4.69) is 16.6 Å². The Hall–Kier alpha value is -2.29. The quantitative estimate of drug-likeness (QED) is 0.853. The first-order valence-electron chi connectivity index (χ1n) is 6.40. The number of hydrogen-bond acceptors (Lipinski definition) is 3. The summed E-state index contributed by atoms with van der Waals surface area (Å²) in [6.45, 7) is 2.06. The van der Waals surface area contributed by atoms with Gasteiger partial charge >= 0.3 is 0 Å². The summed E-state index contributed by atoms with van der Waals surface area (Å²) in [5.74, 6) is 5.51. The number of hydrogen-bond donors (Lipinski definition) is 2. The Labute approximate surface area is 125 Å². The fraction of sp³-hybridized carbons (Fsp3) is 0.125. The molecule has 0 aliphatic carbocycles. The highest BCUT2D eigenvalue weighted by Gasteiger charge is 2.17. The highest BCUT2D eigenvalue weighted by molar-refractivity contribution is 7.92. The van der Waals surface area contributed by atoms with Crippen molar-refractivity contribution in [2.24, 2.45) is 5.73 Å². The number of benzene rings is 2. The van der Waals surface area contributed by atoms with Crippen molar-refractivity contribution in [2.75, 3.05) is 11.3 Å². The second-order valence-electron chi connectivity index (χ2n) is 4.48. The molecule has 0 saturated heterocycles. The molecule has 0 atom stereocenters. The molecular formula is C16H16N2O2S. The number of rotatable bonds is 3. The van der Waals surface area contributed by atoms with Gasteiger partial charge in [0, 0.05) is 11.3 Å². The van der Waals surface area contributed by atoms with Crippen molar-refractivity contribution in [3.8, 4) is 11.8 Å². The summed E-state index contributed by atoms with van der Waals surface area (Å²) in [6.07, 6.45) is 0. The molecule has 0 bridgehead atoms. The van der Waals surface area contributed by atoms with E-state index in [0.29, 0.717) is 11.3 Å². The Bertz CT molecular complexity index is 788. The molecule has 0 saturated carbocycles. The third-order valence-electron chi connectivity index (χ3n) is 2.78. The minimum Gasteiger partial charge on any atom is -0.320 e. The number of nitrogens with one attached hydrogen (secondary N) is 1. The maximum absolute atomic E-state index is 12.5. The van der Waals surface area contributed by atoms with Crippen molar-refractivity contribution in [2.45, 2.75) is 11.8 Å². The first-order valence-corrected chi connectivity index (χ1v) is 7.89. The molecule has 0 aliphatic heterocycles. The SMILES string of the molecule is Cc1ccc(S(=O)(=O)Nc2ccccc2)c(C#CCN)c1. The highest BCUT2D eigenvalue weighted by atomic mass is 32.2. The van der Waals surface area contributed by atoms with Crippen molar-refractivity contribution < 1.29 is 8.42 Å². The van der Waals surface area contributed by atoms with Gasteiger partial charge < -0.3 is 5.73 Å². The molecule has 0 aliphatic rings. The summed E-state index contributed by atoms with van der Waals surface area (Å²) in [4.78, 5) is 0.151. The van der Waals surface area contributed by atoms with Crippen molar-refractivity contribution in [1.29, 1.82) is 0 Å². The van der Waals surface area contributed by atoms with Crippen LogP contribution in [0.4, 0.5) is 5.69 Å². The Morgan fingerprint density at radius 3 is 2.52 bits per heavy atom. The summed E-state index contributed by atoms with van der Waals surface area (Å²) in [5, 5.41) is 0. The van der Waals surface area contributed by atoms with E-state index in [0.717, 1.165) is 5.56 Å². The number of nitrogens with two attached hydrogens (primary N) is 1. The molecule has 0 radical (unpaired) electrons. The summed E-state index contributed by atoms with van der Waals surface area (Å²) < 4.78 is 27.5. The molecule has 0 amide bonds. The van der Waals surface area contributed by atoms with Crippen LogP contribution in [0.25, 0.3) is 0 Å². The molecule has 2 rings (SSSR count). The van der Waals surface area contributed by atoms with Crippen molar-refractivity contribution in [1.82, 2.24) is 0 Å². The molecule has 0 heterocycles. The van der Waals surface area contributed by atoms with E-state index in [-0.39, 0.29) is 11.4 Å². The van der Waals surface area contributed by atoms with Gasteiger partial charge in [-0.05, 0) is 36.8 Å². The number of sulfonamides is 1. The summed E-state index contributed by atoms with van der Waals surface area (Å²) in [7, 11) is -3.68. The molecule has 0 spiro atoms. The fourth-order valence-corrected chi connectivity index (χ4v) is 3.04. The summed E-state index contributed by atoms with van der Waals surface area (Å²) >= 11 is 0. The normalized spacial score (nSPS) is 10.6. The predicted molar refractivity (Wildman–Crippen MR) is 84.4 cm³/mol. The van der Waals surface area contributed by atoms with Gasteiger partial charge in [0.25, 0.3) is 10.0 Å². The molecule has 0 aromatic heterocycles. The Balaban J connectivity index is 2.45. The van der Waals surface area contributed by atoms with Crippen LogP contribution in [-0.4, -0.2) is 15.0 Å². The van der Waals surface area contributed by atoms with Crippen molar-refractivity contribution >= 4 is 15.7 Å². The maximum Gasteiger partial charge on any atom is 0.263 e. The predicted octanol–water partition coefficient (Wildman–Crippen LogP) is 2.11. The van der Waals surface area contributed by atoms with Crippen LogP contribution in [0, 0.1) is 18.8 Å². The van der Waals surface area contributed by atoms with Crippen LogP contribution in [0.2, 0.25) is 0 Å².